The van der Waals surface area contributed by atoms with E-state index in [1.54, 1.807) is 0 Å². The van der Waals surface area contributed by atoms with Crippen molar-refractivity contribution in [3.05, 3.63) is 269 Å². The summed E-state index contributed by atoms with van der Waals surface area (Å²) in [7, 11) is 0. The fraction of sp³-hybridized carbons (Fsp3) is 0.115. The second-order valence-electron chi connectivity index (χ2n) is 18.2. The third kappa shape index (κ3) is 6.50. The Hall–Kier alpha value is -7.62. The van der Waals surface area contributed by atoms with E-state index in [1.165, 1.54) is 61.7 Å². The Bertz CT molecular complexity index is 2800. The molecule has 0 amide bonds. The molecule has 0 atom stereocenters. The fourth-order valence-corrected chi connectivity index (χ4v) is 10.5. The summed E-state index contributed by atoms with van der Waals surface area (Å²) in [6.45, 7) is 9.66. The molecule has 0 aliphatic carbocycles. The summed E-state index contributed by atoms with van der Waals surface area (Å²) < 4.78 is 0. The maximum atomic E-state index is 2.52. The van der Waals surface area contributed by atoms with Crippen LogP contribution in [0.5, 0.6) is 0 Å². The predicted octanol–water partition coefficient (Wildman–Crippen LogP) is 16.6. The van der Waals surface area contributed by atoms with Crippen LogP contribution in [-0.4, -0.2) is 0 Å². The van der Waals surface area contributed by atoms with E-state index in [1.807, 2.05) is 0 Å². The molecule has 11 rings (SSSR count). The normalized spacial score (nSPS) is 14.3. The topological polar surface area (TPSA) is 9.72 Å². The first-order valence-electron chi connectivity index (χ1n) is 22.5. The summed E-state index contributed by atoms with van der Waals surface area (Å²) in [5.74, 6) is 0.0917. The van der Waals surface area contributed by atoms with E-state index in [-0.39, 0.29) is 16.7 Å². The Morgan fingerprint density at radius 2 is 0.672 bits per heavy atom. The first kappa shape index (κ1) is 39.2. The van der Waals surface area contributed by atoms with Crippen LogP contribution >= 0.6 is 0 Å². The molecule has 3 nitrogen and oxygen atoms in total. The molecule has 9 aromatic rings. The van der Waals surface area contributed by atoms with Gasteiger partial charge in [-0.2, -0.15) is 0 Å². The van der Waals surface area contributed by atoms with Gasteiger partial charge in [-0.1, -0.05) is 173 Å². The first-order chi connectivity index (χ1) is 31.3. The lowest BCUT2D eigenvalue weighted by atomic mass is 9.68. The van der Waals surface area contributed by atoms with E-state index in [2.05, 4.69) is 273 Å². The van der Waals surface area contributed by atoms with Crippen molar-refractivity contribution in [3.63, 3.8) is 0 Å². The minimum absolute atomic E-state index is 0.0917. The molecule has 0 saturated heterocycles. The molecule has 0 bridgehead atoms. The van der Waals surface area contributed by atoms with Gasteiger partial charge in [0.2, 0.25) is 0 Å². The van der Waals surface area contributed by atoms with E-state index < -0.39 is 0 Å². The number of para-hydroxylation sites is 4. The summed E-state index contributed by atoms with van der Waals surface area (Å²) in [5.41, 5.74) is 18.8. The lowest BCUT2D eigenvalue weighted by Gasteiger charge is -2.47. The van der Waals surface area contributed by atoms with Gasteiger partial charge in [-0.05, 0) is 124 Å². The average molecular weight is 826 g/mol. The monoisotopic (exact) mass is 825 g/mol. The molecular weight excluding hydrogens is 775 g/mol. The molecule has 2 aliphatic rings. The van der Waals surface area contributed by atoms with Crippen molar-refractivity contribution in [3.8, 4) is 0 Å². The summed E-state index contributed by atoms with van der Waals surface area (Å²) in [4.78, 5) is 7.39. The number of hydrogen-bond acceptors (Lipinski definition) is 3. The minimum Gasteiger partial charge on any atom is -0.310 e. The van der Waals surface area contributed by atoms with Gasteiger partial charge < -0.3 is 14.7 Å². The number of nitrogens with zero attached hydrogens (tertiary/aromatic N) is 3. The highest BCUT2D eigenvalue weighted by Crippen LogP contribution is 2.59. The lowest BCUT2D eigenvalue weighted by molar-refractivity contribution is 0.614. The van der Waals surface area contributed by atoms with Gasteiger partial charge in [-0.15, -0.1) is 0 Å². The molecule has 0 radical (unpaired) electrons. The molecule has 3 heteroatoms. The second-order valence-corrected chi connectivity index (χ2v) is 18.2. The van der Waals surface area contributed by atoms with Crippen molar-refractivity contribution >= 4 is 51.2 Å². The molecule has 310 valence electrons. The van der Waals surface area contributed by atoms with Gasteiger partial charge in [0.1, 0.15) is 0 Å². The predicted molar refractivity (Wildman–Crippen MR) is 269 cm³/mol. The minimum atomic E-state index is -0.366. The van der Waals surface area contributed by atoms with Crippen LogP contribution in [0.2, 0.25) is 0 Å². The molecule has 2 aliphatic heterocycles. The molecule has 0 fully saturated rings. The van der Waals surface area contributed by atoms with Gasteiger partial charge in [0, 0.05) is 45.2 Å². The Labute approximate surface area is 378 Å². The van der Waals surface area contributed by atoms with Gasteiger partial charge in [-0.3, -0.25) is 0 Å². The summed E-state index contributed by atoms with van der Waals surface area (Å²) in [6, 6.07) is 84.5. The number of rotatable bonds is 8. The smallest absolute Gasteiger partial charge is 0.0507 e. The van der Waals surface area contributed by atoms with Crippen molar-refractivity contribution in [1.29, 1.82) is 0 Å². The van der Waals surface area contributed by atoms with Gasteiger partial charge in [-0.25, -0.2) is 0 Å². The summed E-state index contributed by atoms with van der Waals surface area (Å²) in [6.07, 6.45) is 0. The van der Waals surface area contributed by atoms with Gasteiger partial charge in [0.25, 0.3) is 0 Å². The largest absolute Gasteiger partial charge is 0.310 e. The standard InChI is InChI=1S/C61H51N3/c1-60(2)51-39-45(59(43-23-11-5-12-24-43)44-25-13-6-14-26-44)35-37-55(51)63(48-31-19-9-20-32-48)57-42-54-58(41-53(57)60)64(49-33-21-10-22-34-49)56-38-36-50(40-52(56)61(54,3)4)62(46-27-15-7-16-28-46)47-29-17-8-18-30-47/h5-42,59H,1-4H3. The van der Waals surface area contributed by atoms with Crippen molar-refractivity contribution in [2.45, 2.75) is 44.4 Å². The van der Waals surface area contributed by atoms with Crippen molar-refractivity contribution in [2.75, 3.05) is 14.7 Å². The van der Waals surface area contributed by atoms with Crippen LogP contribution in [0.4, 0.5) is 51.2 Å². The van der Waals surface area contributed by atoms with Crippen LogP contribution in [0, 0.1) is 0 Å². The van der Waals surface area contributed by atoms with Gasteiger partial charge in [0.15, 0.2) is 0 Å². The quantitative estimate of drug-likeness (QED) is 0.141. The van der Waals surface area contributed by atoms with Crippen molar-refractivity contribution in [2.24, 2.45) is 0 Å². The van der Waals surface area contributed by atoms with Gasteiger partial charge >= 0.3 is 0 Å². The highest BCUT2D eigenvalue weighted by molar-refractivity contribution is 5.94. The van der Waals surface area contributed by atoms with Gasteiger partial charge in [0.05, 0.1) is 22.7 Å². The second kappa shape index (κ2) is 15.6. The maximum absolute atomic E-state index is 2.52. The molecule has 0 aromatic heterocycles. The molecule has 64 heavy (non-hydrogen) atoms. The maximum Gasteiger partial charge on any atom is 0.0507 e. The SMILES string of the molecule is CC1(C)c2cc(C(c3ccccc3)c3ccccc3)ccc2N(c2ccccc2)c2cc3c(cc21)N(c1ccccc1)c1ccc(N(c2ccccc2)c2ccccc2)cc1C3(C)C. The Morgan fingerprint density at radius 3 is 1.11 bits per heavy atom. The number of anilines is 9. The van der Waals surface area contributed by atoms with Crippen LogP contribution in [-0.2, 0) is 10.8 Å². The number of hydrogen-bond donors (Lipinski definition) is 0. The van der Waals surface area contributed by atoms with Crippen molar-refractivity contribution in [1.82, 2.24) is 0 Å². The third-order valence-electron chi connectivity index (χ3n) is 13.7. The fourth-order valence-electron chi connectivity index (χ4n) is 10.5. The molecule has 9 aromatic carbocycles. The highest BCUT2D eigenvalue weighted by Gasteiger charge is 2.43. The van der Waals surface area contributed by atoms with E-state index >= 15 is 0 Å². The molecule has 2 heterocycles. The number of fused-ring (bicyclic) bond motifs is 4. The average Bonchev–Trinajstić information content (AvgIpc) is 3.34. The van der Waals surface area contributed by atoms with E-state index in [0.29, 0.717) is 0 Å². The van der Waals surface area contributed by atoms with Crippen LogP contribution in [0.15, 0.2) is 231 Å². The zero-order chi connectivity index (χ0) is 43.4. The van der Waals surface area contributed by atoms with E-state index in [9.17, 15) is 0 Å². The Kier molecular flexibility index (Phi) is 9.58. The molecule has 0 saturated carbocycles. The molecule has 0 unspecified atom stereocenters. The van der Waals surface area contributed by atoms with E-state index in [4.69, 9.17) is 0 Å². The number of benzene rings is 9. The van der Waals surface area contributed by atoms with Crippen LogP contribution < -0.4 is 14.7 Å². The van der Waals surface area contributed by atoms with Crippen molar-refractivity contribution < 1.29 is 0 Å². The first-order valence-corrected chi connectivity index (χ1v) is 22.5. The molecule has 0 N–H and O–H groups in total. The van der Waals surface area contributed by atoms with Crippen LogP contribution in [0.3, 0.4) is 0 Å². The van der Waals surface area contributed by atoms with Crippen LogP contribution in [0.25, 0.3) is 0 Å². The Morgan fingerprint density at radius 1 is 0.312 bits per heavy atom. The third-order valence-corrected chi connectivity index (χ3v) is 13.7. The highest BCUT2D eigenvalue weighted by atomic mass is 15.2. The molecule has 0 spiro atoms. The molecular formula is C61H51N3. The zero-order valence-electron chi connectivity index (χ0n) is 36.9. The van der Waals surface area contributed by atoms with Crippen LogP contribution in [0.1, 0.15) is 72.6 Å². The zero-order valence-corrected chi connectivity index (χ0v) is 36.9. The lowest BCUT2D eigenvalue weighted by Crippen LogP contribution is -2.35. The Balaban J connectivity index is 1.13. The summed E-state index contributed by atoms with van der Waals surface area (Å²) in [5, 5.41) is 0. The summed E-state index contributed by atoms with van der Waals surface area (Å²) >= 11 is 0. The van der Waals surface area contributed by atoms with E-state index in [0.717, 1.165) is 28.4 Å².